The van der Waals surface area contributed by atoms with Crippen LogP contribution in [-0.2, 0) is 10.2 Å². The summed E-state index contributed by atoms with van der Waals surface area (Å²) in [6.45, 7) is 7.74. The molecule has 156 valence electrons. The average molecular weight is 413 g/mol. The zero-order chi connectivity index (χ0) is 22.3. The minimum atomic E-state index is -0.326. The van der Waals surface area contributed by atoms with Crippen LogP contribution in [0.3, 0.4) is 0 Å². The lowest BCUT2D eigenvalue weighted by molar-refractivity contribution is -0.114. The number of fused-ring (bicyclic) bond motifs is 2. The number of benzene rings is 3. The molecule has 1 aliphatic rings. The standard InChI is InChI=1S/C26H23NO4/c1-15(28)27-20-13-14-21(31-17-11-9-16(10-12-17)26(2,3)4)23-22(20)24(29)18-7-5-6-8-19(18)25(23)30/h5-14H,1-4H3,(H,27,28). The van der Waals surface area contributed by atoms with E-state index < -0.39 is 0 Å². The van der Waals surface area contributed by atoms with Crippen molar-refractivity contribution in [1.29, 1.82) is 0 Å². The third kappa shape index (κ3) is 3.75. The highest BCUT2D eigenvalue weighted by atomic mass is 16.5. The highest BCUT2D eigenvalue weighted by Crippen LogP contribution is 2.39. The van der Waals surface area contributed by atoms with Crippen LogP contribution in [0.2, 0.25) is 0 Å². The van der Waals surface area contributed by atoms with E-state index >= 15 is 0 Å². The topological polar surface area (TPSA) is 72.5 Å². The number of anilines is 1. The van der Waals surface area contributed by atoms with Gasteiger partial charge in [-0.3, -0.25) is 14.4 Å². The molecule has 0 aliphatic heterocycles. The Morgan fingerprint density at radius 3 is 1.94 bits per heavy atom. The fraction of sp³-hybridized carbons (Fsp3) is 0.192. The van der Waals surface area contributed by atoms with Gasteiger partial charge in [0.05, 0.1) is 16.8 Å². The first kappa shape index (κ1) is 20.5. The third-order valence-electron chi connectivity index (χ3n) is 5.30. The first-order valence-electron chi connectivity index (χ1n) is 10.1. The zero-order valence-corrected chi connectivity index (χ0v) is 17.9. The normalized spacial score (nSPS) is 12.8. The van der Waals surface area contributed by atoms with Gasteiger partial charge in [-0.15, -0.1) is 0 Å². The molecule has 5 nitrogen and oxygen atoms in total. The van der Waals surface area contributed by atoms with Crippen molar-refractivity contribution in [3.63, 3.8) is 0 Å². The third-order valence-corrected chi connectivity index (χ3v) is 5.30. The lowest BCUT2D eigenvalue weighted by Crippen LogP contribution is -2.24. The first-order valence-corrected chi connectivity index (χ1v) is 10.1. The minimum absolute atomic E-state index is 0.00377. The molecule has 0 spiro atoms. The molecule has 0 saturated heterocycles. The predicted molar refractivity (Wildman–Crippen MR) is 119 cm³/mol. The Balaban J connectivity index is 1.83. The number of ether oxygens (including phenoxy) is 1. The fourth-order valence-corrected chi connectivity index (χ4v) is 3.72. The number of nitrogens with one attached hydrogen (secondary N) is 1. The van der Waals surface area contributed by atoms with Gasteiger partial charge in [-0.05, 0) is 35.2 Å². The summed E-state index contributed by atoms with van der Waals surface area (Å²) in [6, 6.07) is 17.5. The van der Waals surface area contributed by atoms with Gasteiger partial charge < -0.3 is 10.1 Å². The van der Waals surface area contributed by atoms with E-state index in [9.17, 15) is 14.4 Å². The number of carbonyl (C=O) groups excluding carboxylic acids is 3. The van der Waals surface area contributed by atoms with Crippen molar-refractivity contribution in [2.24, 2.45) is 0 Å². The van der Waals surface area contributed by atoms with Crippen LogP contribution in [0.4, 0.5) is 5.69 Å². The Hall–Kier alpha value is -3.73. The second kappa shape index (κ2) is 7.51. The molecule has 31 heavy (non-hydrogen) atoms. The van der Waals surface area contributed by atoms with Crippen molar-refractivity contribution in [3.8, 4) is 11.5 Å². The minimum Gasteiger partial charge on any atom is -0.457 e. The maximum Gasteiger partial charge on any atom is 0.221 e. The maximum atomic E-state index is 13.3. The molecular formula is C26H23NO4. The fourth-order valence-electron chi connectivity index (χ4n) is 3.72. The molecule has 0 saturated carbocycles. The molecule has 0 unspecified atom stereocenters. The molecule has 0 radical (unpaired) electrons. The summed E-state index contributed by atoms with van der Waals surface area (Å²) in [7, 11) is 0. The van der Waals surface area contributed by atoms with Crippen LogP contribution in [0, 0.1) is 0 Å². The van der Waals surface area contributed by atoms with Gasteiger partial charge in [0.1, 0.15) is 11.5 Å². The number of hydrogen-bond donors (Lipinski definition) is 1. The lowest BCUT2D eigenvalue weighted by Gasteiger charge is -2.23. The number of hydrogen-bond acceptors (Lipinski definition) is 4. The summed E-state index contributed by atoms with van der Waals surface area (Å²) < 4.78 is 6.05. The van der Waals surface area contributed by atoms with Crippen molar-refractivity contribution < 1.29 is 19.1 Å². The molecule has 0 atom stereocenters. The molecule has 3 aromatic carbocycles. The number of carbonyl (C=O) groups is 3. The average Bonchev–Trinajstić information content (AvgIpc) is 2.72. The van der Waals surface area contributed by atoms with E-state index in [0.717, 1.165) is 5.56 Å². The summed E-state index contributed by atoms with van der Waals surface area (Å²) in [5.74, 6) is -0.115. The van der Waals surface area contributed by atoms with E-state index in [0.29, 0.717) is 22.6 Å². The summed E-state index contributed by atoms with van der Waals surface area (Å²) in [6.07, 6.45) is 0. The lowest BCUT2D eigenvalue weighted by atomic mass is 9.82. The van der Waals surface area contributed by atoms with Gasteiger partial charge in [-0.1, -0.05) is 57.2 Å². The Labute approximate surface area is 181 Å². The van der Waals surface area contributed by atoms with Gasteiger partial charge >= 0.3 is 0 Å². The van der Waals surface area contributed by atoms with Gasteiger partial charge in [0, 0.05) is 18.1 Å². The molecular weight excluding hydrogens is 390 g/mol. The highest BCUT2D eigenvalue weighted by molar-refractivity contribution is 6.31. The van der Waals surface area contributed by atoms with Crippen LogP contribution in [-0.4, -0.2) is 17.5 Å². The summed E-state index contributed by atoms with van der Waals surface area (Å²) in [5.41, 5.74) is 2.42. The molecule has 1 N–H and O–H groups in total. The van der Waals surface area contributed by atoms with Crippen molar-refractivity contribution in [1.82, 2.24) is 0 Å². The SMILES string of the molecule is CC(=O)Nc1ccc(Oc2ccc(C(C)(C)C)cc2)c2c1C(=O)c1ccccc1C2=O. The Morgan fingerprint density at radius 1 is 0.806 bits per heavy atom. The molecule has 0 bridgehead atoms. The van der Waals surface area contributed by atoms with Crippen molar-refractivity contribution >= 4 is 23.2 Å². The van der Waals surface area contributed by atoms with E-state index in [-0.39, 0.29) is 39.8 Å². The van der Waals surface area contributed by atoms with Gasteiger partial charge in [-0.25, -0.2) is 0 Å². The first-order chi connectivity index (χ1) is 14.7. The van der Waals surface area contributed by atoms with Gasteiger partial charge in [0.25, 0.3) is 0 Å². The van der Waals surface area contributed by atoms with Gasteiger partial charge in [0.15, 0.2) is 11.6 Å². The second-order valence-electron chi connectivity index (χ2n) is 8.62. The van der Waals surface area contributed by atoms with Crippen molar-refractivity contribution in [3.05, 3.63) is 88.5 Å². The highest BCUT2D eigenvalue weighted by Gasteiger charge is 2.34. The molecule has 1 amide bonds. The predicted octanol–water partition coefficient (Wildman–Crippen LogP) is 5.51. The van der Waals surface area contributed by atoms with Crippen molar-refractivity contribution in [2.75, 3.05) is 5.32 Å². The van der Waals surface area contributed by atoms with Crippen molar-refractivity contribution in [2.45, 2.75) is 33.1 Å². The number of ketones is 2. The largest absolute Gasteiger partial charge is 0.457 e. The van der Waals surface area contributed by atoms with Crippen LogP contribution in [0.25, 0.3) is 0 Å². The van der Waals surface area contributed by atoms with Crippen LogP contribution in [0.5, 0.6) is 11.5 Å². The van der Waals surface area contributed by atoms with E-state index in [1.54, 1.807) is 36.4 Å². The monoisotopic (exact) mass is 413 g/mol. The Kier molecular flexibility index (Phi) is 4.97. The van der Waals surface area contributed by atoms with E-state index in [1.165, 1.54) is 6.92 Å². The van der Waals surface area contributed by atoms with E-state index in [1.807, 2.05) is 24.3 Å². The molecule has 0 heterocycles. The van der Waals surface area contributed by atoms with Gasteiger partial charge in [-0.2, -0.15) is 0 Å². The molecule has 5 heteroatoms. The summed E-state index contributed by atoms with van der Waals surface area (Å²) in [5, 5.41) is 2.66. The molecule has 0 aromatic heterocycles. The van der Waals surface area contributed by atoms with Crippen LogP contribution >= 0.6 is 0 Å². The Bertz CT molecular complexity index is 1220. The maximum absolute atomic E-state index is 13.3. The molecule has 1 aliphatic carbocycles. The second-order valence-corrected chi connectivity index (χ2v) is 8.62. The zero-order valence-electron chi connectivity index (χ0n) is 17.9. The Morgan fingerprint density at radius 2 is 1.39 bits per heavy atom. The number of rotatable bonds is 3. The smallest absolute Gasteiger partial charge is 0.221 e. The molecule has 3 aromatic rings. The van der Waals surface area contributed by atoms with Crippen LogP contribution < -0.4 is 10.1 Å². The number of amides is 1. The summed E-state index contributed by atoms with van der Waals surface area (Å²) >= 11 is 0. The molecule has 0 fully saturated rings. The van der Waals surface area contributed by atoms with E-state index in [4.69, 9.17) is 4.74 Å². The summed E-state index contributed by atoms with van der Waals surface area (Å²) in [4.78, 5) is 38.3. The molecule has 4 rings (SSSR count). The van der Waals surface area contributed by atoms with Crippen LogP contribution in [0.1, 0.15) is 65.1 Å². The quantitative estimate of drug-likeness (QED) is 0.481. The van der Waals surface area contributed by atoms with Gasteiger partial charge in [0.2, 0.25) is 5.91 Å². The van der Waals surface area contributed by atoms with E-state index in [2.05, 4.69) is 26.1 Å². The van der Waals surface area contributed by atoms with Crippen LogP contribution in [0.15, 0.2) is 60.7 Å².